The molecule has 6 heteroatoms. The Hall–Kier alpha value is -0.860. The number of nitrogens with zero attached hydrogens (tertiary/aromatic N) is 3. The van der Waals surface area contributed by atoms with E-state index in [1.54, 1.807) is 0 Å². The Labute approximate surface area is 180 Å². The summed E-state index contributed by atoms with van der Waals surface area (Å²) in [6.45, 7) is 7.94. The first-order valence-corrected chi connectivity index (χ1v) is 10.1. The number of likely N-dealkylation sites (tertiary alicyclic amines) is 1. The van der Waals surface area contributed by atoms with Crippen LogP contribution in [0, 0.1) is 5.41 Å². The third kappa shape index (κ3) is 4.95. The van der Waals surface area contributed by atoms with E-state index in [1.165, 1.54) is 43.4 Å². The fraction of sp³-hybridized carbons (Fsp3) is 0.667. The zero-order valence-electron chi connectivity index (χ0n) is 16.5. The van der Waals surface area contributed by atoms with E-state index >= 15 is 0 Å². The summed E-state index contributed by atoms with van der Waals surface area (Å²) in [4.78, 5) is 9.51. The van der Waals surface area contributed by atoms with Crippen molar-refractivity contribution in [2.45, 2.75) is 38.8 Å². The minimum absolute atomic E-state index is 0. The van der Waals surface area contributed by atoms with E-state index in [0.29, 0.717) is 5.41 Å². The van der Waals surface area contributed by atoms with Gasteiger partial charge in [0.05, 0.1) is 13.2 Å². The molecule has 0 aromatic heterocycles. The fourth-order valence-electron chi connectivity index (χ4n) is 4.59. The molecule has 3 fully saturated rings. The van der Waals surface area contributed by atoms with Crippen molar-refractivity contribution in [2.24, 2.45) is 10.4 Å². The van der Waals surface area contributed by atoms with Crippen LogP contribution in [-0.4, -0.2) is 62.2 Å². The van der Waals surface area contributed by atoms with Gasteiger partial charge in [0.25, 0.3) is 0 Å². The van der Waals surface area contributed by atoms with Crippen molar-refractivity contribution in [3.8, 4) is 0 Å². The second kappa shape index (κ2) is 9.56. The molecule has 0 atom stereocenters. The van der Waals surface area contributed by atoms with Crippen LogP contribution in [0.5, 0.6) is 0 Å². The molecule has 1 N–H and O–H groups in total. The van der Waals surface area contributed by atoms with Gasteiger partial charge in [0.15, 0.2) is 5.96 Å². The highest BCUT2D eigenvalue weighted by Crippen LogP contribution is 2.47. The number of benzene rings is 1. The average Bonchev–Trinajstić information content (AvgIpc) is 3.11. The third-order valence-corrected chi connectivity index (χ3v) is 6.42. The lowest BCUT2D eigenvalue weighted by atomic mass is 9.68. The van der Waals surface area contributed by atoms with E-state index < -0.39 is 0 Å². The molecule has 1 aliphatic carbocycles. The van der Waals surface area contributed by atoms with Gasteiger partial charge in [-0.1, -0.05) is 30.7 Å². The average molecular weight is 484 g/mol. The quantitative estimate of drug-likeness (QED) is 0.405. The number of halogens is 1. The van der Waals surface area contributed by atoms with Gasteiger partial charge in [0, 0.05) is 46.3 Å². The highest BCUT2D eigenvalue weighted by Gasteiger charge is 2.43. The zero-order valence-corrected chi connectivity index (χ0v) is 18.8. The molecule has 4 rings (SSSR count). The Balaban J connectivity index is 0.00000210. The van der Waals surface area contributed by atoms with Crippen molar-refractivity contribution in [1.29, 1.82) is 0 Å². The van der Waals surface area contributed by atoms with Crippen LogP contribution in [0.3, 0.4) is 0 Å². The van der Waals surface area contributed by atoms with Gasteiger partial charge in [-0.25, -0.2) is 0 Å². The molecule has 3 aliphatic rings. The molecule has 1 spiro atoms. The lowest BCUT2D eigenvalue weighted by Gasteiger charge is -2.38. The standard InChI is InChI=1S/C21H32N4O.HI/c1-22-20(25-10-9-21(17-25)7-4-8-21)23-15-18-5-2-3-6-19(18)16-24-11-13-26-14-12-24;/h2-3,5-6H,4,7-17H2,1H3,(H,22,23);1H. The summed E-state index contributed by atoms with van der Waals surface area (Å²) in [5.74, 6) is 1.06. The number of morpholine rings is 1. The molecule has 1 aromatic rings. The summed E-state index contributed by atoms with van der Waals surface area (Å²) >= 11 is 0. The molecular formula is C21H33IN4O. The van der Waals surface area contributed by atoms with Gasteiger partial charge >= 0.3 is 0 Å². The SMILES string of the molecule is CN=C(NCc1ccccc1CN1CCOCC1)N1CCC2(CCC2)C1.I. The van der Waals surface area contributed by atoms with Crippen molar-refractivity contribution in [2.75, 3.05) is 46.4 Å². The van der Waals surface area contributed by atoms with Crippen molar-refractivity contribution in [3.63, 3.8) is 0 Å². The molecule has 150 valence electrons. The molecule has 0 unspecified atom stereocenters. The van der Waals surface area contributed by atoms with Gasteiger partial charge in [-0.15, -0.1) is 24.0 Å². The molecule has 2 aliphatic heterocycles. The number of guanidine groups is 1. The maximum absolute atomic E-state index is 5.47. The monoisotopic (exact) mass is 484 g/mol. The molecule has 2 saturated heterocycles. The van der Waals surface area contributed by atoms with Crippen LogP contribution in [0.4, 0.5) is 0 Å². The molecule has 1 aromatic carbocycles. The molecule has 2 heterocycles. The van der Waals surface area contributed by atoms with Crippen LogP contribution in [0.25, 0.3) is 0 Å². The van der Waals surface area contributed by atoms with Crippen LogP contribution >= 0.6 is 24.0 Å². The van der Waals surface area contributed by atoms with E-state index in [2.05, 4.69) is 44.4 Å². The van der Waals surface area contributed by atoms with Gasteiger partial charge in [-0.3, -0.25) is 9.89 Å². The summed E-state index contributed by atoms with van der Waals surface area (Å²) in [7, 11) is 1.91. The van der Waals surface area contributed by atoms with Crippen LogP contribution in [-0.2, 0) is 17.8 Å². The van der Waals surface area contributed by atoms with Crippen molar-refractivity contribution < 1.29 is 4.74 Å². The molecule has 27 heavy (non-hydrogen) atoms. The number of rotatable bonds is 4. The zero-order chi connectivity index (χ0) is 17.8. The highest BCUT2D eigenvalue weighted by atomic mass is 127. The number of hydrogen-bond acceptors (Lipinski definition) is 3. The normalized spacial score (nSPS) is 22.4. The Kier molecular flexibility index (Phi) is 7.39. The van der Waals surface area contributed by atoms with Gasteiger partial charge in [0.1, 0.15) is 0 Å². The van der Waals surface area contributed by atoms with Crippen LogP contribution in [0.2, 0.25) is 0 Å². The topological polar surface area (TPSA) is 40.1 Å². The summed E-state index contributed by atoms with van der Waals surface area (Å²) < 4.78 is 5.47. The molecule has 0 bridgehead atoms. The first-order chi connectivity index (χ1) is 12.8. The van der Waals surface area contributed by atoms with Crippen LogP contribution in [0.15, 0.2) is 29.3 Å². The van der Waals surface area contributed by atoms with E-state index in [0.717, 1.165) is 51.9 Å². The van der Waals surface area contributed by atoms with Gasteiger partial charge in [-0.05, 0) is 35.8 Å². The summed E-state index contributed by atoms with van der Waals surface area (Å²) in [5.41, 5.74) is 3.39. The van der Waals surface area contributed by atoms with Gasteiger partial charge in [0.2, 0.25) is 0 Å². The molecule has 1 saturated carbocycles. The first-order valence-electron chi connectivity index (χ1n) is 10.1. The fourth-order valence-corrected chi connectivity index (χ4v) is 4.59. The maximum Gasteiger partial charge on any atom is 0.193 e. The highest BCUT2D eigenvalue weighted by molar-refractivity contribution is 14.0. The summed E-state index contributed by atoms with van der Waals surface area (Å²) in [5, 5.41) is 3.62. The Morgan fingerprint density at radius 1 is 1.11 bits per heavy atom. The van der Waals surface area contributed by atoms with E-state index in [1.807, 2.05) is 7.05 Å². The Morgan fingerprint density at radius 2 is 1.85 bits per heavy atom. The predicted octanol–water partition coefficient (Wildman–Crippen LogP) is 3.09. The lowest BCUT2D eigenvalue weighted by molar-refractivity contribution is 0.0341. The van der Waals surface area contributed by atoms with Crippen LogP contribution < -0.4 is 5.32 Å². The van der Waals surface area contributed by atoms with Crippen molar-refractivity contribution in [3.05, 3.63) is 35.4 Å². The van der Waals surface area contributed by atoms with Crippen molar-refractivity contribution in [1.82, 2.24) is 15.1 Å². The summed E-state index contributed by atoms with van der Waals surface area (Å²) in [6.07, 6.45) is 5.56. The molecule has 0 radical (unpaired) electrons. The number of ether oxygens (including phenoxy) is 1. The number of aliphatic imine (C=N–C) groups is 1. The van der Waals surface area contributed by atoms with Crippen LogP contribution in [0.1, 0.15) is 36.8 Å². The molecule has 0 amide bonds. The predicted molar refractivity (Wildman–Crippen MR) is 121 cm³/mol. The Morgan fingerprint density at radius 3 is 2.48 bits per heavy atom. The first kappa shape index (κ1) is 20.9. The minimum Gasteiger partial charge on any atom is -0.379 e. The smallest absolute Gasteiger partial charge is 0.193 e. The van der Waals surface area contributed by atoms with Gasteiger partial charge < -0.3 is 15.0 Å². The second-order valence-electron chi connectivity index (χ2n) is 8.08. The molecular weight excluding hydrogens is 451 g/mol. The van der Waals surface area contributed by atoms with E-state index in [4.69, 9.17) is 4.74 Å². The molecule has 5 nitrogen and oxygen atoms in total. The number of hydrogen-bond donors (Lipinski definition) is 1. The van der Waals surface area contributed by atoms with Gasteiger partial charge in [-0.2, -0.15) is 0 Å². The number of nitrogens with one attached hydrogen (secondary N) is 1. The Bertz CT molecular complexity index is 641. The third-order valence-electron chi connectivity index (χ3n) is 6.42. The van der Waals surface area contributed by atoms with E-state index in [9.17, 15) is 0 Å². The minimum atomic E-state index is 0. The van der Waals surface area contributed by atoms with Crippen molar-refractivity contribution >= 4 is 29.9 Å². The lowest BCUT2D eigenvalue weighted by Crippen LogP contribution is -2.42. The second-order valence-corrected chi connectivity index (χ2v) is 8.08. The summed E-state index contributed by atoms with van der Waals surface area (Å²) in [6, 6.07) is 8.79. The largest absolute Gasteiger partial charge is 0.379 e. The maximum atomic E-state index is 5.47. The van der Waals surface area contributed by atoms with E-state index in [-0.39, 0.29) is 24.0 Å².